The van der Waals surface area contributed by atoms with Gasteiger partial charge in [0.2, 0.25) is 0 Å². The van der Waals surface area contributed by atoms with Gasteiger partial charge >= 0.3 is 0 Å². The maximum absolute atomic E-state index is 14.2. The van der Waals surface area contributed by atoms with E-state index in [9.17, 15) is 14.0 Å². The number of aromatic amines is 1. The average molecular weight is 425 g/mol. The van der Waals surface area contributed by atoms with Crippen molar-refractivity contribution >= 4 is 40.6 Å². The molecule has 0 aliphatic heterocycles. The summed E-state index contributed by atoms with van der Waals surface area (Å²) in [5.41, 5.74) is 0.322. The van der Waals surface area contributed by atoms with Crippen molar-refractivity contribution in [2.75, 3.05) is 19.0 Å². The number of benzene rings is 1. The van der Waals surface area contributed by atoms with Gasteiger partial charge < -0.3 is 15.0 Å². The largest absolute Gasteiger partial charge is 0.383 e. The molecular weight excluding hydrogens is 410 g/mol. The topological polar surface area (TPSA) is 89.0 Å². The van der Waals surface area contributed by atoms with Crippen LogP contribution in [0.4, 0.5) is 10.1 Å². The number of nitrogens with one attached hydrogen (secondary N) is 2. The van der Waals surface area contributed by atoms with Gasteiger partial charge in [0.1, 0.15) is 5.69 Å². The van der Waals surface area contributed by atoms with Crippen LogP contribution in [0.25, 0.3) is 0 Å². The second-order valence-corrected chi connectivity index (χ2v) is 6.60. The van der Waals surface area contributed by atoms with Crippen LogP contribution in [0.15, 0.2) is 36.8 Å². The maximum atomic E-state index is 14.2. The second-order valence-electron chi connectivity index (χ2n) is 5.79. The molecule has 0 aliphatic rings. The molecular formula is C18H15Cl2FN4O3. The predicted octanol–water partition coefficient (Wildman–Crippen LogP) is 3.79. The Morgan fingerprint density at radius 3 is 2.82 bits per heavy atom. The minimum atomic E-state index is -0.908. The molecule has 0 saturated heterocycles. The van der Waals surface area contributed by atoms with Crippen molar-refractivity contribution in [3.05, 3.63) is 69.5 Å². The molecule has 3 rings (SSSR count). The average Bonchev–Trinajstić information content (AvgIpc) is 3.33. The molecule has 0 fully saturated rings. The molecule has 10 heteroatoms. The Labute approximate surface area is 169 Å². The fourth-order valence-corrected chi connectivity index (χ4v) is 2.86. The van der Waals surface area contributed by atoms with Crippen molar-refractivity contribution in [3.8, 4) is 0 Å². The van der Waals surface area contributed by atoms with E-state index in [-0.39, 0.29) is 26.9 Å². The van der Waals surface area contributed by atoms with Crippen LogP contribution >= 0.6 is 23.2 Å². The van der Waals surface area contributed by atoms with Gasteiger partial charge in [-0.2, -0.15) is 5.10 Å². The summed E-state index contributed by atoms with van der Waals surface area (Å²) < 4.78 is 20.8. The Hall–Kier alpha value is -2.68. The number of halogens is 3. The number of H-pyrrole nitrogens is 1. The summed E-state index contributed by atoms with van der Waals surface area (Å²) in [5, 5.41) is 6.46. The van der Waals surface area contributed by atoms with Crippen molar-refractivity contribution in [3.63, 3.8) is 0 Å². The lowest BCUT2D eigenvalue weighted by Gasteiger charge is -2.05. The molecule has 0 bridgehead atoms. The van der Waals surface area contributed by atoms with Crippen LogP contribution in [0.1, 0.15) is 26.4 Å². The molecule has 1 aromatic carbocycles. The van der Waals surface area contributed by atoms with Crippen LogP contribution in [0.2, 0.25) is 10.0 Å². The van der Waals surface area contributed by atoms with Crippen LogP contribution in [0.5, 0.6) is 0 Å². The normalized spacial score (nSPS) is 10.9. The molecule has 3 aromatic rings. The lowest BCUT2D eigenvalue weighted by Crippen LogP contribution is -2.12. The molecule has 2 N–H and O–H groups in total. The third kappa shape index (κ3) is 4.24. The molecule has 0 radical (unpaired) electrons. The molecule has 0 saturated carbocycles. The third-order valence-electron chi connectivity index (χ3n) is 3.88. The molecule has 1 amide bonds. The first kappa shape index (κ1) is 20.1. The van der Waals surface area contributed by atoms with E-state index in [1.807, 2.05) is 0 Å². The zero-order valence-corrected chi connectivity index (χ0v) is 16.1. The maximum Gasteiger partial charge on any atom is 0.272 e. The van der Waals surface area contributed by atoms with Crippen LogP contribution in [0.3, 0.4) is 0 Å². The third-order valence-corrected chi connectivity index (χ3v) is 4.48. The number of amides is 1. The van der Waals surface area contributed by atoms with Gasteiger partial charge in [-0.25, -0.2) is 4.39 Å². The first-order valence-corrected chi connectivity index (χ1v) is 8.85. The number of hydrogen-bond acceptors (Lipinski definition) is 4. The summed E-state index contributed by atoms with van der Waals surface area (Å²) in [5.74, 6) is -2.08. The molecule has 0 aliphatic carbocycles. The van der Waals surface area contributed by atoms with Crippen LogP contribution in [0, 0.1) is 5.82 Å². The van der Waals surface area contributed by atoms with Crippen LogP contribution in [-0.4, -0.2) is 40.2 Å². The fraction of sp³-hybridized carbons (Fsp3) is 0.167. The summed E-state index contributed by atoms with van der Waals surface area (Å²) in [4.78, 5) is 27.6. The van der Waals surface area contributed by atoms with Gasteiger partial charge in [-0.15, -0.1) is 0 Å². The van der Waals surface area contributed by atoms with Gasteiger partial charge in [0.25, 0.3) is 5.91 Å². The molecule has 7 nitrogen and oxygen atoms in total. The summed E-state index contributed by atoms with van der Waals surface area (Å²) >= 11 is 11.7. The van der Waals surface area contributed by atoms with E-state index in [0.29, 0.717) is 18.8 Å². The van der Waals surface area contributed by atoms with E-state index < -0.39 is 17.5 Å². The highest BCUT2D eigenvalue weighted by Gasteiger charge is 2.22. The highest BCUT2D eigenvalue weighted by atomic mass is 35.5. The molecule has 28 heavy (non-hydrogen) atoms. The summed E-state index contributed by atoms with van der Waals surface area (Å²) in [6.07, 6.45) is 4.44. The summed E-state index contributed by atoms with van der Waals surface area (Å²) in [7, 11) is 1.58. The number of aromatic nitrogens is 3. The molecule has 0 atom stereocenters. The quantitative estimate of drug-likeness (QED) is 0.446. The number of anilines is 1. The molecule has 146 valence electrons. The number of carbonyl (C=O) groups is 2. The Balaban J connectivity index is 1.75. The Morgan fingerprint density at radius 1 is 1.32 bits per heavy atom. The molecule has 2 heterocycles. The molecule has 2 aromatic heterocycles. The van der Waals surface area contributed by atoms with Gasteiger partial charge in [0.15, 0.2) is 11.6 Å². The number of carbonyl (C=O) groups excluding carboxylic acids is 2. The van der Waals surface area contributed by atoms with Gasteiger partial charge in [-0.05, 0) is 18.2 Å². The minimum Gasteiger partial charge on any atom is -0.383 e. The van der Waals surface area contributed by atoms with Gasteiger partial charge in [0, 0.05) is 25.1 Å². The van der Waals surface area contributed by atoms with Crippen LogP contribution in [-0.2, 0) is 11.3 Å². The van der Waals surface area contributed by atoms with Crippen molar-refractivity contribution < 1.29 is 18.7 Å². The van der Waals surface area contributed by atoms with Crippen molar-refractivity contribution in [1.29, 1.82) is 0 Å². The molecule has 0 spiro atoms. The zero-order valence-electron chi connectivity index (χ0n) is 14.6. The van der Waals surface area contributed by atoms with E-state index in [0.717, 1.165) is 0 Å². The Kier molecular flexibility index (Phi) is 6.13. The first-order valence-electron chi connectivity index (χ1n) is 8.10. The van der Waals surface area contributed by atoms with E-state index in [4.69, 9.17) is 27.9 Å². The monoisotopic (exact) mass is 424 g/mol. The van der Waals surface area contributed by atoms with Crippen LogP contribution < -0.4 is 5.32 Å². The number of nitrogens with zero attached hydrogens (tertiary/aromatic N) is 2. The van der Waals surface area contributed by atoms with E-state index in [2.05, 4.69) is 15.4 Å². The van der Waals surface area contributed by atoms with Gasteiger partial charge in [0.05, 0.1) is 40.6 Å². The van der Waals surface area contributed by atoms with Gasteiger partial charge in [-0.1, -0.05) is 23.2 Å². The van der Waals surface area contributed by atoms with E-state index in [1.165, 1.54) is 30.6 Å². The predicted molar refractivity (Wildman–Crippen MR) is 103 cm³/mol. The fourth-order valence-electron chi connectivity index (χ4n) is 2.47. The van der Waals surface area contributed by atoms with E-state index >= 15 is 0 Å². The van der Waals surface area contributed by atoms with Crippen molar-refractivity contribution in [1.82, 2.24) is 14.8 Å². The number of ether oxygens (including phenoxy) is 1. The minimum absolute atomic E-state index is 0.0671. The highest BCUT2D eigenvalue weighted by molar-refractivity contribution is 6.37. The Morgan fingerprint density at radius 2 is 2.07 bits per heavy atom. The summed E-state index contributed by atoms with van der Waals surface area (Å²) in [6.45, 7) is 1.03. The zero-order chi connectivity index (χ0) is 20.3. The molecule has 0 unspecified atom stereocenters. The van der Waals surface area contributed by atoms with Crippen molar-refractivity contribution in [2.24, 2.45) is 0 Å². The SMILES string of the molecule is COCCn1cc(NC(=O)c2cc(C(=O)c3c(Cl)ccc(Cl)c3F)c[nH]2)cn1. The lowest BCUT2D eigenvalue weighted by molar-refractivity contribution is 0.102. The lowest BCUT2D eigenvalue weighted by atomic mass is 10.0. The first-order chi connectivity index (χ1) is 13.4. The number of rotatable bonds is 7. The number of hydrogen-bond donors (Lipinski definition) is 2. The summed E-state index contributed by atoms with van der Waals surface area (Å²) in [6, 6.07) is 3.91. The second kappa shape index (κ2) is 8.55. The number of methoxy groups -OCH3 is 1. The number of ketones is 1. The standard InChI is InChI=1S/C18H15Cl2FN4O3/c1-28-5-4-25-9-11(8-23-25)24-18(27)14-6-10(7-22-14)17(26)15-12(19)2-3-13(20)16(15)21/h2-3,6-9,22H,4-5H2,1H3,(H,24,27). The van der Waals surface area contributed by atoms with E-state index in [1.54, 1.807) is 18.0 Å². The van der Waals surface area contributed by atoms with Crippen molar-refractivity contribution in [2.45, 2.75) is 6.54 Å². The highest BCUT2D eigenvalue weighted by Crippen LogP contribution is 2.28. The van der Waals surface area contributed by atoms with Gasteiger partial charge in [-0.3, -0.25) is 14.3 Å². The Bertz CT molecular complexity index is 1030. The smallest absolute Gasteiger partial charge is 0.272 e.